The largest absolute Gasteiger partial charge is 0.427 e. The number of aromatic nitrogens is 1. The summed E-state index contributed by atoms with van der Waals surface area (Å²) in [5.74, 6) is -0.823. The highest BCUT2D eigenvalue weighted by molar-refractivity contribution is 6.03. The second kappa shape index (κ2) is 9.27. The lowest BCUT2D eigenvalue weighted by molar-refractivity contribution is -0.131. The van der Waals surface area contributed by atoms with Gasteiger partial charge in [0.15, 0.2) is 0 Å². The molecular weight excluding hydrogens is 370 g/mol. The number of anilines is 1. The van der Waals surface area contributed by atoms with Crippen LogP contribution in [0.25, 0.3) is 0 Å². The lowest BCUT2D eigenvalue weighted by Gasteiger charge is -2.12. The highest BCUT2D eigenvalue weighted by Gasteiger charge is 2.12. The first-order chi connectivity index (χ1) is 14.0. The highest BCUT2D eigenvalue weighted by Crippen LogP contribution is 2.17. The molecule has 0 unspecified atom stereocenters. The Morgan fingerprint density at radius 1 is 0.931 bits per heavy atom. The Hall–Kier alpha value is -4.00. The van der Waals surface area contributed by atoms with E-state index in [2.05, 4.69) is 15.6 Å². The van der Waals surface area contributed by atoms with Crippen molar-refractivity contribution < 1.29 is 19.1 Å². The van der Waals surface area contributed by atoms with E-state index in [9.17, 15) is 14.4 Å². The van der Waals surface area contributed by atoms with Gasteiger partial charge in [-0.25, -0.2) is 0 Å². The maximum Gasteiger partial charge on any atom is 0.308 e. The molecule has 3 rings (SSSR count). The van der Waals surface area contributed by atoms with Gasteiger partial charge in [0.1, 0.15) is 11.4 Å². The number of rotatable bonds is 6. The molecule has 0 fully saturated rings. The van der Waals surface area contributed by atoms with E-state index in [-0.39, 0.29) is 18.4 Å². The van der Waals surface area contributed by atoms with Crippen LogP contribution in [0, 0.1) is 0 Å². The first kappa shape index (κ1) is 19.8. The predicted octanol–water partition coefficient (Wildman–Crippen LogP) is 3.19. The SMILES string of the molecule is CC(=O)Oc1cccc(C(=O)NCc2ccccc2NC(=O)c2ccccn2)c1. The van der Waals surface area contributed by atoms with E-state index in [0.717, 1.165) is 5.56 Å². The number of nitrogens with zero attached hydrogens (tertiary/aromatic N) is 1. The monoisotopic (exact) mass is 389 g/mol. The summed E-state index contributed by atoms with van der Waals surface area (Å²) in [6.45, 7) is 1.50. The maximum atomic E-state index is 12.5. The van der Waals surface area contributed by atoms with Gasteiger partial charge < -0.3 is 15.4 Å². The van der Waals surface area contributed by atoms with Gasteiger partial charge >= 0.3 is 5.97 Å². The van der Waals surface area contributed by atoms with Gasteiger partial charge in [-0.1, -0.05) is 30.3 Å². The lowest BCUT2D eigenvalue weighted by atomic mass is 10.1. The van der Waals surface area contributed by atoms with Crippen LogP contribution in [0.3, 0.4) is 0 Å². The minimum atomic E-state index is -0.458. The highest BCUT2D eigenvalue weighted by atomic mass is 16.5. The van der Waals surface area contributed by atoms with E-state index in [1.165, 1.54) is 13.0 Å². The van der Waals surface area contributed by atoms with Gasteiger partial charge in [0.2, 0.25) is 0 Å². The average molecular weight is 389 g/mol. The number of amides is 2. The average Bonchev–Trinajstić information content (AvgIpc) is 2.73. The number of benzene rings is 2. The molecule has 0 aliphatic carbocycles. The number of para-hydroxylation sites is 1. The molecule has 0 radical (unpaired) electrons. The van der Waals surface area contributed by atoms with E-state index < -0.39 is 5.97 Å². The Morgan fingerprint density at radius 3 is 2.48 bits per heavy atom. The first-order valence-corrected chi connectivity index (χ1v) is 8.90. The fourth-order valence-electron chi connectivity index (χ4n) is 2.62. The predicted molar refractivity (Wildman–Crippen MR) is 108 cm³/mol. The minimum absolute atomic E-state index is 0.204. The molecule has 7 nitrogen and oxygen atoms in total. The molecule has 1 heterocycles. The van der Waals surface area contributed by atoms with Crippen LogP contribution in [0.15, 0.2) is 72.9 Å². The number of nitrogens with one attached hydrogen (secondary N) is 2. The van der Waals surface area contributed by atoms with Crippen molar-refractivity contribution in [2.75, 3.05) is 5.32 Å². The molecule has 2 aromatic carbocycles. The van der Waals surface area contributed by atoms with Crippen molar-refractivity contribution in [3.63, 3.8) is 0 Å². The Balaban J connectivity index is 1.67. The third-order valence-corrected chi connectivity index (χ3v) is 3.96. The number of carbonyl (C=O) groups excluding carboxylic acids is 3. The fraction of sp³-hybridized carbons (Fsp3) is 0.0909. The number of hydrogen-bond acceptors (Lipinski definition) is 5. The van der Waals surface area contributed by atoms with E-state index in [0.29, 0.717) is 22.7 Å². The smallest absolute Gasteiger partial charge is 0.308 e. The van der Waals surface area contributed by atoms with Crippen LogP contribution in [0.2, 0.25) is 0 Å². The topological polar surface area (TPSA) is 97.4 Å². The third kappa shape index (κ3) is 5.49. The zero-order valence-corrected chi connectivity index (χ0v) is 15.7. The number of ether oxygens (including phenoxy) is 1. The summed E-state index contributed by atoms with van der Waals surface area (Å²) in [4.78, 5) is 39.9. The number of esters is 1. The van der Waals surface area contributed by atoms with Crippen molar-refractivity contribution in [2.24, 2.45) is 0 Å². The Kier molecular flexibility index (Phi) is 6.32. The van der Waals surface area contributed by atoms with Crippen molar-refractivity contribution in [2.45, 2.75) is 13.5 Å². The van der Waals surface area contributed by atoms with E-state index in [1.54, 1.807) is 54.7 Å². The molecule has 146 valence electrons. The summed E-state index contributed by atoms with van der Waals surface area (Å²) < 4.78 is 5.00. The van der Waals surface area contributed by atoms with Crippen LogP contribution >= 0.6 is 0 Å². The van der Waals surface area contributed by atoms with Gasteiger partial charge in [0.05, 0.1) is 0 Å². The van der Waals surface area contributed by atoms with Crippen molar-refractivity contribution in [1.29, 1.82) is 0 Å². The Bertz CT molecular complexity index is 1030. The van der Waals surface area contributed by atoms with Gasteiger partial charge in [0, 0.05) is 30.9 Å². The molecule has 0 atom stereocenters. The zero-order valence-electron chi connectivity index (χ0n) is 15.7. The summed E-state index contributed by atoms with van der Waals surface area (Å²) >= 11 is 0. The van der Waals surface area contributed by atoms with Crippen LogP contribution in [-0.2, 0) is 11.3 Å². The molecule has 7 heteroatoms. The van der Waals surface area contributed by atoms with E-state index in [4.69, 9.17) is 4.74 Å². The lowest BCUT2D eigenvalue weighted by Crippen LogP contribution is -2.24. The van der Waals surface area contributed by atoms with Crippen molar-refractivity contribution in [3.8, 4) is 5.75 Å². The maximum absolute atomic E-state index is 12.5. The zero-order chi connectivity index (χ0) is 20.6. The molecule has 0 aliphatic rings. The minimum Gasteiger partial charge on any atom is -0.427 e. The molecule has 29 heavy (non-hydrogen) atoms. The van der Waals surface area contributed by atoms with Gasteiger partial charge in [-0.05, 0) is 42.0 Å². The van der Waals surface area contributed by atoms with Gasteiger partial charge in [-0.2, -0.15) is 0 Å². The summed E-state index contributed by atoms with van der Waals surface area (Å²) in [6.07, 6.45) is 1.55. The molecule has 2 amide bonds. The fourth-order valence-corrected chi connectivity index (χ4v) is 2.62. The molecule has 0 saturated carbocycles. The van der Waals surface area contributed by atoms with E-state index in [1.807, 2.05) is 12.1 Å². The normalized spacial score (nSPS) is 10.1. The molecule has 0 bridgehead atoms. The van der Waals surface area contributed by atoms with Gasteiger partial charge in [-0.15, -0.1) is 0 Å². The molecule has 0 saturated heterocycles. The van der Waals surface area contributed by atoms with Gasteiger partial charge in [-0.3, -0.25) is 19.4 Å². The molecule has 0 aliphatic heterocycles. The summed E-state index contributed by atoms with van der Waals surface area (Å²) in [7, 11) is 0. The number of carbonyl (C=O) groups is 3. The second-order valence-corrected chi connectivity index (χ2v) is 6.13. The molecule has 1 aromatic heterocycles. The van der Waals surface area contributed by atoms with Crippen molar-refractivity contribution in [3.05, 3.63) is 89.7 Å². The molecule has 3 aromatic rings. The Morgan fingerprint density at radius 2 is 1.72 bits per heavy atom. The van der Waals surface area contributed by atoms with E-state index >= 15 is 0 Å². The summed E-state index contributed by atoms with van der Waals surface area (Å²) in [5, 5.41) is 5.61. The quantitative estimate of drug-likeness (QED) is 0.498. The van der Waals surface area contributed by atoms with Gasteiger partial charge in [0.25, 0.3) is 11.8 Å². The third-order valence-electron chi connectivity index (χ3n) is 3.96. The summed E-state index contributed by atoms with van der Waals surface area (Å²) in [6, 6.07) is 18.6. The molecular formula is C22H19N3O4. The van der Waals surface area contributed by atoms with Crippen LogP contribution in [0.4, 0.5) is 5.69 Å². The number of hydrogen-bond donors (Lipinski definition) is 2. The second-order valence-electron chi connectivity index (χ2n) is 6.13. The van der Waals surface area contributed by atoms with Crippen LogP contribution < -0.4 is 15.4 Å². The van der Waals surface area contributed by atoms with Crippen LogP contribution in [0.1, 0.15) is 33.3 Å². The summed E-state index contributed by atoms with van der Waals surface area (Å²) in [5.41, 5.74) is 1.98. The van der Waals surface area contributed by atoms with Crippen molar-refractivity contribution >= 4 is 23.5 Å². The molecule has 0 spiro atoms. The van der Waals surface area contributed by atoms with Crippen LogP contribution in [0.5, 0.6) is 5.75 Å². The number of pyridine rings is 1. The molecule has 2 N–H and O–H groups in total. The van der Waals surface area contributed by atoms with Crippen molar-refractivity contribution in [1.82, 2.24) is 10.3 Å². The Labute approximate surface area is 167 Å². The first-order valence-electron chi connectivity index (χ1n) is 8.90. The van der Waals surface area contributed by atoms with Crippen LogP contribution in [-0.4, -0.2) is 22.8 Å². The standard InChI is InChI=1S/C22H19N3O4/c1-15(26)29-18-9-6-8-16(13-18)21(27)24-14-17-7-2-3-10-19(17)25-22(28)20-11-4-5-12-23-20/h2-13H,14H2,1H3,(H,24,27)(H,25,28).